The first-order valence-electron chi connectivity index (χ1n) is 8.27. The molecule has 0 saturated carbocycles. The lowest BCUT2D eigenvalue weighted by Crippen LogP contribution is -2.30. The number of aromatic amines is 1. The summed E-state index contributed by atoms with van der Waals surface area (Å²) in [4.78, 5) is 19.2. The van der Waals surface area contributed by atoms with Crippen LogP contribution >= 0.6 is 0 Å². The van der Waals surface area contributed by atoms with E-state index in [1.54, 1.807) is 6.20 Å². The molecule has 122 valence electrons. The van der Waals surface area contributed by atoms with Crippen molar-refractivity contribution in [2.75, 3.05) is 23.3 Å². The summed E-state index contributed by atoms with van der Waals surface area (Å²) >= 11 is 0. The number of carbonyl (C=O) groups is 1. The van der Waals surface area contributed by atoms with Crippen molar-refractivity contribution in [1.29, 1.82) is 0 Å². The summed E-state index contributed by atoms with van der Waals surface area (Å²) in [5.74, 6) is 0.734. The molecule has 24 heavy (non-hydrogen) atoms. The number of pyridine rings is 1. The average Bonchev–Trinajstić information content (AvgIpc) is 3.07. The number of H-pyrrole nitrogens is 1. The van der Waals surface area contributed by atoms with Crippen molar-refractivity contribution in [1.82, 2.24) is 15.2 Å². The van der Waals surface area contributed by atoms with Crippen LogP contribution in [0.25, 0.3) is 10.9 Å². The Kier molecular flexibility index (Phi) is 3.86. The molecule has 0 radical (unpaired) electrons. The van der Waals surface area contributed by atoms with Crippen LogP contribution in [0.5, 0.6) is 0 Å². The second-order valence-corrected chi connectivity index (χ2v) is 6.02. The van der Waals surface area contributed by atoms with Crippen LogP contribution < -0.4 is 10.2 Å². The van der Waals surface area contributed by atoms with E-state index in [9.17, 15) is 4.79 Å². The van der Waals surface area contributed by atoms with Crippen molar-refractivity contribution in [3.05, 3.63) is 48.3 Å². The highest BCUT2D eigenvalue weighted by atomic mass is 16.1. The van der Waals surface area contributed by atoms with Crippen molar-refractivity contribution >= 4 is 28.3 Å². The topological polar surface area (TPSA) is 73.9 Å². The molecule has 4 rings (SSSR count). The van der Waals surface area contributed by atoms with Gasteiger partial charge in [0.15, 0.2) is 5.69 Å². The van der Waals surface area contributed by atoms with Crippen molar-refractivity contribution in [2.24, 2.45) is 0 Å². The van der Waals surface area contributed by atoms with E-state index in [1.807, 2.05) is 36.4 Å². The fourth-order valence-corrected chi connectivity index (χ4v) is 3.10. The van der Waals surface area contributed by atoms with Crippen LogP contribution in [0.4, 0.5) is 11.5 Å². The molecule has 6 heteroatoms. The third kappa shape index (κ3) is 2.82. The van der Waals surface area contributed by atoms with Crippen molar-refractivity contribution in [3.8, 4) is 0 Å². The second kappa shape index (κ2) is 6.31. The third-order valence-corrected chi connectivity index (χ3v) is 4.37. The van der Waals surface area contributed by atoms with Crippen LogP contribution in [0.1, 0.15) is 29.8 Å². The molecule has 0 aliphatic carbocycles. The number of hydrogen-bond acceptors (Lipinski definition) is 4. The van der Waals surface area contributed by atoms with E-state index in [0.29, 0.717) is 11.4 Å². The summed E-state index contributed by atoms with van der Waals surface area (Å²) in [7, 11) is 0. The van der Waals surface area contributed by atoms with E-state index in [0.717, 1.165) is 29.8 Å². The molecule has 6 nitrogen and oxygen atoms in total. The molecule has 1 aliphatic heterocycles. The predicted molar refractivity (Wildman–Crippen MR) is 94.3 cm³/mol. The summed E-state index contributed by atoms with van der Waals surface area (Å²) in [5, 5.41) is 10.7. The lowest BCUT2D eigenvalue weighted by Gasteiger charge is -2.27. The number of aromatic nitrogens is 3. The monoisotopic (exact) mass is 321 g/mol. The number of para-hydroxylation sites is 1. The van der Waals surface area contributed by atoms with Gasteiger partial charge in [0.2, 0.25) is 0 Å². The molecule has 1 saturated heterocycles. The summed E-state index contributed by atoms with van der Waals surface area (Å²) < 4.78 is 0. The molecule has 2 aromatic heterocycles. The summed E-state index contributed by atoms with van der Waals surface area (Å²) in [5.41, 5.74) is 1.92. The van der Waals surface area contributed by atoms with Gasteiger partial charge >= 0.3 is 0 Å². The molecule has 1 aromatic carbocycles. The van der Waals surface area contributed by atoms with Crippen LogP contribution in [0, 0.1) is 0 Å². The van der Waals surface area contributed by atoms with Crippen molar-refractivity contribution < 1.29 is 4.79 Å². The quantitative estimate of drug-likeness (QED) is 0.777. The van der Waals surface area contributed by atoms with Crippen LogP contribution in [-0.2, 0) is 0 Å². The first-order valence-corrected chi connectivity index (χ1v) is 8.27. The predicted octanol–water partition coefficient (Wildman–Crippen LogP) is 3.20. The minimum absolute atomic E-state index is 0.236. The fraction of sp³-hybridized carbons (Fsp3) is 0.278. The van der Waals surface area contributed by atoms with Crippen LogP contribution in [-0.4, -0.2) is 34.2 Å². The second-order valence-electron chi connectivity index (χ2n) is 6.02. The number of amides is 1. The first-order chi connectivity index (χ1) is 11.8. The summed E-state index contributed by atoms with van der Waals surface area (Å²) in [6.07, 6.45) is 5.43. The maximum atomic E-state index is 12.4. The Bertz CT molecular complexity index is 849. The highest BCUT2D eigenvalue weighted by Crippen LogP contribution is 2.20. The van der Waals surface area contributed by atoms with Gasteiger partial charge in [-0.25, -0.2) is 4.98 Å². The number of piperidine rings is 1. The zero-order valence-electron chi connectivity index (χ0n) is 13.3. The summed E-state index contributed by atoms with van der Waals surface area (Å²) in [6, 6.07) is 11.4. The number of fused-ring (bicyclic) bond motifs is 1. The van der Waals surface area contributed by atoms with Crippen LogP contribution in [0.3, 0.4) is 0 Å². The molecule has 0 atom stereocenters. The average molecular weight is 321 g/mol. The normalized spacial score (nSPS) is 14.8. The number of carbonyl (C=O) groups excluding carboxylic acids is 1. The summed E-state index contributed by atoms with van der Waals surface area (Å²) in [6.45, 7) is 2.11. The highest BCUT2D eigenvalue weighted by molar-refractivity contribution is 6.11. The van der Waals surface area contributed by atoms with E-state index in [2.05, 4.69) is 25.4 Å². The molecule has 1 fully saturated rings. The molecule has 3 heterocycles. The van der Waals surface area contributed by atoms with Gasteiger partial charge in [0.1, 0.15) is 5.82 Å². The lowest BCUT2D eigenvalue weighted by atomic mass is 10.1. The Balaban J connectivity index is 1.49. The first kappa shape index (κ1) is 14.7. The van der Waals surface area contributed by atoms with E-state index in [1.165, 1.54) is 19.3 Å². The molecule has 0 unspecified atom stereocenters. The Hall–Kier alpha value is -2.89. The lowest BCUT2D eigenvalue weighted by molar-refractivity contribution is 0.102. The molecular formula is C18H19N5O. The van der Waals surface area contributed by atoms with Gasteiger partial charge < -0.3 is 10.2 Å². The Labute approximate surface area is 139 Å². The number of nitrogens with zero attached hydrogens (tertiary/aromatic N) is 3. The number of anilines is 2. The molecule has 3 aromatic rings. The van der Waals surface area contributed by atoms with E-state index >= 15 is 0 Å². The molecule has 1 aliphatic rings. The number of benzene rings is 1. The minimum atomic E-state index is -0.236. The zero-order chi connectivity index (χ0) is 16.4. The standard InChI is InChI=1S/C18H19N5O/c24-18(17-14-6-2-3-7-15(14)21-22-17)20-13-8-9-16(19-12-13)23-10-4-1-5-11-23/h2-3,6-9,12H,1,4-5,10-11H2,(H,20,24)(H,21,22). The number of nitrogens with one attached hydrogen (secondary N) is 2. The molecule has 0 spiro atoms. The Morgan fingerprint density at radius 3 is 2.71 bits per heavy atom. The van der Waals surface area contributed by atoms with Gasteiger partial charge in [0, 0.05) is 18.5 Å². The smallest absolute Gasteiger partial charge is 0.276 e. The van der Waals surface area contributed by atoms with Crippen LogP contribution in [0.2, 0.25) is 0 Å². The zero-order valence-corrected chi connectivity index (χ0v) is 13.3. The van der Waals surface area contributed by atoms with E-state index in [4.69, 9.17) is 0 Å². The maximum Gasteiger partial charge on any atom is 0.276 e. The SMILES string of the molecule is O=C(Nc1ccc(N2CCCCC2)nc1)c1n[nH]c2ccccc12. The van der Waals surface area contributed by atoms with Gasteiger partial charge in [-0.3, -0.25) is 9.89 Å². The Morgan fingerprint density at radius 1 is 1.08 bits per heavy atom. The largest absolute Gasteiger partial charge is 0.357 e. The third-order valence-electron chi connectivity index (χ3n) is 4.37. The van der Waals surface area contributed by atoms with Gasteiger partial charge in [0.25, 0.3) is 5.91 Å². The molecule has 2 N–H and O–H groups in total. The van der Waals surface area contributed by atoms with E-state index in [-0.39, 0.29) is 5.91 Å². The van der Waals surface area contributed by atoms with Crippen LogP contribution in [0.15, 0.2) is 42.6 Å². The number of hydrogen-bond donors (Lipinski definition) is 2. The van der Waals surface area contributed by atoms with Gasteiger partial charge in [-0.1, -0.05) is 18.2 Å². The van der Waals surface area contributed by atoms with Gasteiger partial charge in [0.05, 0.1) is 17.4 Å². The molecule has 0 bridgehead atoms. The molecule has 1 amide bonds. The maximum absolute atomic E-state index is 12.4. The van der Waals surface area contributed by atoms with Crippen molar-refractivity contribution in [2.45, 2.75) is 19.3 Å². The van der Waals surface area contributed by atoms with Gasteiger partial charge in [-0.2, -0.15) is 5.10 Å². The molecular weight excluding hydrogens is 302 g/mol. The highest BCUT2D eigenvalue weighted by Gasteiger charge is 2.15. The minimum Gasteiger partial charge on any atom is -0.357 e. The fourth-order valence-electron chi connectivity index (χ4n) is 3.10. The Morgan fingerprint density at radius 2 is 1.92 bits per heavy atom. The number of rotatable bonds is 3. The van der Waals surface area contributed by atoms with Crippen molar-refractivity contribution in [3.63, 3.8) is 0 Å². The van der Waals surface area contributed by atoms with E-state index < -0.39 is 0 Å². The van der Waals surface area contributed by atoms with Gasteiger partial charge in [-0.15, -0.1) is 0 Å². The van der Waals surface area contributed by atoms with Gasteiger partial charge in [-0.05, 0) is 37.5 Å².